The lowest BCUT2D eigenvalue weighted by atomic mass is 10.1. The Morgan fingerprint density at radius 1 is 0.900 bits per heavy atom. The van der Waals surface area contributed by atoms with Gasteiger partial charge in [0, 0.05) is 42.7 Å². The van der Waals surface area contributed by atoms with E-state index in [0.717, 1.165) is 53.4 Å². The van der Waals surface area contributed by atoms with Crippen LogP contribution in [0.1, 0.15) is 6.42 Å². The number of aromatic nitrogens is 5. The van der Waals surface area contributed by atoms with Gasteiger partial charge >= 0.3 is 0 Å². The summed E-state index contributed by atoms with van der Waals surface area (Å²) in [7, 11) is 0. The number of nitrogens with one attached hydrogen (secondary N) is 1. The van der Waals surface area contributed by atoms with Crippen molar-refractivity contribution in [2.24, 2.45) is 0 Å². The summed E-state index contributed by atoms with van der Waals surface area (Å²) in [6.07, 6.45) is 8.51. The molecule has 0 atom stereocenters. The molecular weight excluding hydrogens is 372 g/mol. The number of aryl methyl sites for hydroxylation is 1. The molecule has 0 unspecified atom stereocenters. The number of fused-ring (bicyclic) bond motifs is 1. The average molecular weight is 394 g/mol. The van der Waals surface area contributed by atoms with Gasteiger partial charge in [-0.2, -0.15) is 9.61 Å². The van der Waals surface area contributed by atoms with Crippen LogP contribution in [-0.2, 0) is 6.54 Å². The van der Waals surface area contributed by atoms with E-state index in [4.69, 9.17) is 4.98 Å². The van der Waals surface area contributed by atoms with Crippen molar-refractivity contribution in [2.75, 3.05) is 11.9 Å². The van der Waals surface area contributed by atoms with Crippen molar-refractivity contribution >= 4 is 11.5 Å². The lowest BCUT2D eigenvalue weighted by Crippen LogP contribution is -2.10. The second-order valence-electron chi connectivity index (χ2n) is 7.13. The molecule has 1 N–H and O–H groups in total. The number of nitrogens with zero attached hydrogens (tertiary/aromatic N) is 5. The van der Waals surface area contributed by atoms with Crippen molar-refractivity contribution in [1.82, 2.24) is 24.1 Å². The number of benzene rings is 2. The molecule has 6 heteroatoms. The SMILES string of the molecule is c1ccc(-c2cc(NCCCn3ccnc3)n3ncc(-c4ccccc4)c3n2)cc1. The molecular formula is C24H22N6. The Bertz CT molecular complexity index is 1230. The molecule has 5 aromatic rings. The van der Waals surface area contributed by atoms with Crippen molar-refractivity contribution in [3.8, 4) is 22.4 Å². The van der Waals surface area contributed by atoms with E-state index in [1.165, 1.54) is 0 Å². The molecule has 5 rings (SSSR count). The van der Waals surface area contributed by atoms with Crippen molar-refractivity contribution in [1.29, 1.82) is 0 Å². The first-order chi connectivity index (χ1) is 14.9. The van der Waals surface area contributed by atoms with Crippen LogP contribution >= 0.6 is 0 Å². The van der Waals surface area contributed by atoms with Gasteiger partial charge in [0.15, 0.2) is 5.65 Å². The van der Waals surface area contributed by atoms with Crippen LogP contribution in [0.4, 0.5) is 5.82 Å². The number of anilines is 1. The molecule has 0 fully saturated rings. The molecule has 3 aromatic heterocycles. The minimum atomic E-state index is 0.825. The number of rotatable bonds is 7. The summed E-state index contributed by atoms with van der Waals surface area (Å²) < 4.78 is 3.98. The van der Waals surface area contributed by atoms with E-state index in [2.05, 4.69) is 50.3 Å². The molecule has 30 heavy (non-hydrogen) atoms. The van der Waals surface area contributed by atoms with Crippen LogP contribution in [0.15, 0.2) is 91.6 Å². The maximum absolute atomic E-state index is 4.96. The highest BCUT2D eigenvalue weighted by atomic mass is 15.3. The van der Waals surface area contributed by atoms with E-state index in [-0.39, 0.29) is 0 Å². The summed E-state index contributed by atoms with van der Waals surface area (Å²) >= 11 is 0. The molecule has 0 spiro atoms. The van der Waals surface area contributed by atoms with Crippen LogP contribution in [0.25, 0.3) is 28.0 Å². The van der Waals surface area contributed by atoms with Crippen molar-refractivity contribution in [3.63, 3.8) is 0 Å². The average Bonchev–Trinajstić information content (AvgIpc) is 3.48. The predicted molar refractivity (Wildman–Crippen MR) is 119 cm³/mol. The summed E-state index contributed by atoms with van der Waals surface area (Å²) in [5, 5.41) is 8.19. The van der Waals surface area contributed by atoms with Crippen LogP contribution in [0.2, 0.25) is 0 Å². The summed E-state index contributed by atoms with van der Waals surface area (Å²) in [5.41, 5.74) is 4.99. The molecule has 6 nitrogen and oxygen atoms in total. The first-order valence-electron chi connectivity index (χ1n) is 10.1. The zero-order chi connectivity index (χ0) is 20.2. The zero-order valence-corrected chi connectivity index (χ0v) is 16.5. The maximum atomic E-state index is 4.96. The van der Waals surface area contributed by atoms with Crippen LogP contribution in [0, 0.1) is 0 Å². The van der Waals surface area contributed by atoms with Gasteiger partial charge in [-0.05, 0) is 12.0 Å². The highest BCUT2D eigenvalue weighted by Crippen LogP contribution is 2.28. The monoisotopic (exact) mass is 394 g/mol. The van der Waals surface area contributed by atoms with Crippen LogP contribution < -0.4 is 5.32 Å². The van der Waals surface area contributed by atoms with Gasteiger partial charge in [-0.3, -0.25) is 0 Å². The maximum Gasteiger partial charge on any atom is 0.165 e. The van der Waals surface area contributed by atoms with Crippen molar-refractivity contribution in [2.45, 2.75) is 13.0 Å². The molecule has 0 saturated carbocycles. The van der Waals surface area contributed by atoms with Gasteiger partial charge in [-0.15, -0.1) is 0 Å². The second kappa shape index (κ2) is 8.21. The summed E-state index contributed by atoms with van der Waals surface area (Å²) in [6, 6.07) is 22.6. The highest BCUT2D eigenvalue weighted by Gasteiger charge is 2.13. The van der Waals surface area contributed by atoms with E-state index in [1.807, 2.05) is 59.6 Å². The molecule has 148 valence electrons. The molecule has 2 aromatic carbocycles. The molecule has 0 aliphatic rings. The lowest BCUT2D eigenvalue weighted by Gasteiger charge is -2.11. The minimum absolute atomic E-state index is 0.825. The first kappa shape index (κ1) is 18.1. The fourth-order valence-electron chi connectivity index (χ4n) is 3.56. The molecule has 0 amide bonds. The third kappa shape index (κ3) is 3.67. The normalized spacial score (nSPS) is 11.1. The number of hydrogen-bond donors (Lipinski definition) is 1. The van der Waals surface area contributed by atoms with Gasteiger partial charge in [-0.25, -0.2) is 9.97 Å². The number of hydrogen-bond acceptors (Lipinski definition) is 4. The highest BCUT2D eigenvalue weighted by molar-refractivity contribution is 5.80. The third-order valence-corrected chi connectivity index (χ3v) is 5.08. The standard InChI is InChI=1S/C24H22N6/c1-3-8-19(9-4-1)21-17-27-30-23(26-12-7-14-29-15-13-25-18-29)16-22(28-24(21)30)20-10-5-2-6-11-20/h1-6,8-11,13,15-18,26H,7,12,14H2. The zero-order valence-electron chi connectivity index (χ0n) is 16.5. The second-order valence-corrected chi connectivity index (χ2v) is 7.13. The van der Waals surface area contributed by atoms with Crippen molar-refractivity contribution < 1.29 is 0 Å². The van der Waals surface area contributed by atoms with Gasteiger partial charge in [0.1, 0.15) is 5.82 Å². The fraction of sp³-hybridized carbons (Fsp3) is 0.125. The Kier molecular flexibility index (Phi) is 4.96. The van der Waals surface area contributed by atoms with Gasteiger partial charge in [0.05, 0.1) is 18.2 Å². The third-order valence-electron chi connectivity index (χ3n) is 5.08. The quantitative estimate of drug-likeness (QED) is 0.404. The molecule has 0 bridgehead atoms. The Morgan fingerprint density at radius 3 is 2.40 bits per heavy atom. The predicted octanol–water partition coefficient (Wildman–Crippen LogP) is 4.76. The van der Waals surface area contributed by atoms with Crippen LogP contribution in [0.5, 0.6) is 0 Å². The van der Waals surface area contributed by atoms with Crippen molar-refractivity contribution in [3.05, 3.63) is 91.6 Å². The minimum Gasteiger partial charge on any atom is -0.370 e. The van der Waals surface area contributed by atoms with Gasteiger partial charge < -0.3 is 9.88 Å². The van der Waals surface area contributed by atoms with E-state index < -0.39 is 0 Å². The van der Waals surface area contributed by atoms with Crippen LogP contribution in [-0.4, -0.2) is 30.7 Å². The summed E-state index contributed by atoms with van der Waals surface area (Å²) in [5.74, 6) is 0.937. The van der Waals surface area contributed by atoms with E-state index in [1.54, 1.807) is 6.20 Å². The largest absolute Gasteiger partial charge is 0.370 e. The molecule has 0 aliphatic carbocycles. The molecule has 0 aliphatic heterocycles. The van der Waals surface area contributed by atoms with Gasteiger partial charge in [-0.1, -0.05) is 60.7 Å². The number of imidazole rings is 1. The Labute approximate surface area is 174 Å². The van der Waals surface area contributed by atoms with E-state index >= 15 is 0 Å². The Balaban J connectivity index is 1.50. The molecule has 0 saturated heterocycles. The smallest absolute Gasteiger partial charge is 0.165 e. The first-order valence-corrected chi connectivity index (χ1v) is 10.1. The van der Waals surface area contributed by atoms with E-state index in [9.17, 15) is 0 Å². The molecule has 0 radical (unpaired) electrons. The Hall–Kier alpha value is -3.93. The van der Waals surface area contributed by atoms with Gasteiger partial charge in [0.25, 0.3) is 0 Å². The fourth-order valence-corrected chi connectivity index (χ4v) is 3.56. The lowest BCUT2D eigenvalue weighted by molar-refractivity contribution is 0.659. The van der Waals surface area contributed by atoms with Crippen LogP contribution in [0.3, 0.4) is 0 Å². The topological polar surface area (TPSA) is 60.0 Å². The van der Waals surface area contributed by atoms with Gasteiger partial charge in [0.2, 0.25) is 0 Å². The molecule has 3 heterocycles. The summed E-state index contributed by atoms with van der Waals surface area (Å²) in [4.78, 5) is 9.06. The summed E-state index contributed by atoms with van der Waals surface area (Å²) in [6.45, 7) is 1.74. The Morgan fingerprint density at radius 2 is 1.67 bits per heavy atom. The van der Waals surface area contributed by atoms with E-state index in [0.29, 0.717) is 0 Å².